The first kappa shape index (κ1) is 10.9. The zero-order chi connectivity index (χ0) is 10.8. The number of hydrogen-bond acceptors (Lipinski definition) is 3. The fourth-order valence-electron chi connectivity index (χ4n) is 2.78. The van der Waals surface area contributed by atoms with Crippen molar-refractivity contribution in [3.05, 3.63) is 0 Å². The Morgan fingerprint density at radius 1 is 1.40 bits per heavy atom. The average Bonchev–Trinajstić information content (AvgIpc) is 2.64. The molecular weight excluding hydrogens is 190 g/mol. The molecule has 15 heavy (non-hydrogen) atoms. The van der Waals surface area contributed by atoms with E-state index in [1.165, 1.54) is 32.5 Å². The minimum absolute atomic E-state index is 0.0628. The van der Waals surface area contributed by atoms with Gasteiger partial charge >= 0.3 is 0 Å². The van der Waals surface area contributed by atoms with Crippen LogP contribution in [0.15, 0.2) is 0 Å². The molecule has 4 heteroatoms. The van der Waals surface area contributed by atoms with Crippen molar-refractivity contribution in [1.82, 2.24) is 15.5 Å². The second-order valence-corrected chi connectivity index (χ2v) is 4.75. The van der Waals surface area contributed by atoms with Crippen LogP contribution < -0.4 is 10.6 Å². The first-order chi connectivity index (χ1) is 7.20. The summed E-state index contributed by atoms with van der Waals surface area (Å²) in [7, 11) is 1.69. The lowest BCUT2D eigenvalue weighted by Gasteiger charge is -2.32. The van der Waals surface area contributed by atoms with Crippen LogP contribution >= 0.6 is 0 Å². The first-order valence-electron chi connectivity index (χ1n) is 5.90. The van der Waals surface area contributed by atoms with Crippen LogP contribution in [0.4, 0.5) is 0 Å². The molecule has 4 unspecified atom stereocenters. The number of amides is 1. The molecule has 0 aromatic heterocycles. The Labute approximate surface area is 91.4 Å². The molecule has 2 bridgehead atoms. The third-order valence-corrected chi connectivity index (χ3v) is 3.74. The van der Waals surface area contributed by atoms with E-state index >= 15 is 0 Å². The number of nitrogens with one attached hydrogen (secondary N) is 2. The summed E-state index contributed by atoms with van der Waals surface area (Å²) in [4.78, 5) is 13.9. The van der Waals surface area contributed by atoms with Crippen molar-refractivity contribution < 1.29 is 4.79 Å². The van der Waals surface area contributed by atoms with Gasteiger partial charge in [0.05, 0.1) is 6.04 Å². The molecule has 4 atom stereocenters. The smallest absolute Gasteiger partial charge is 0.236 e. The summed E-state index contributed by atoms with van der Waals surface area (Å²) in [6.07, 6.45) is 2.48. The highest BCUT2D eigenvalue weighted by Crippen LogP contribution is 2.27. The van der Waals surface area contributed by atoms with Crippen LogP contribution in [0.25, 0.3) is 0 Å². The Kier molecular flexibility index (Phi) is 3.26. The number of carbonyl (C=O) groups is 1. The van der Waals surface area contributed by atoms with Gasteiger partial charge < -0.3 is 15.5 Å². The van der Waals surface area contributed by atoms with E-state index in [0.717, 1.165) is 5.92 Å². The second-order valence-electron chi connectivity index (χ2n) is 4.75. The summed E-state index contributed by atoms with van der Waals surface area (Å²) in [5.74, 6) is 0.848. The fraction of sp³-hybridized carbons (Fsp3) is 0.909. The summed E-state index contributed by atoms with van der Waals surface area (Å²) in [6.45, 7) is 5.60. The Hall–Kier alpha value is -0.610. The third-order valence-electron chi connectivity index (χ3n) is 3.74. The Balaban J connectivity index is 1.86. The van der Waals surface area contributed by atoms with E-state index in [1.54, 1.807) is 7.05 Å². The van der Waals surface area contributed by atoms with Crippen molar-refractivity contribution >= 4 is 5.91 Å². The molecule has 2 N–H and O–H groups in total. The fourth-order valence-corrected chi connectivity index (χ4v) is 2.78. The molecule has 4 nitrogen and oxygen atoms in total. The number of fused-ring (bicyclic) bond motifs is 2. The topological polar surface area (TPSA) is 44.4 Å². The van der Waals surface area contributed by atoms with Gasteiger partial charge in [0.1, 0.15) is 0 Å². The molecule has 0 saturated carbocycles. The predicted octanol–water partition coefficient (Wildman–Crippen LogP) is -0.195. The van der Waals surface area contributed by atoms with Crippen molar-refractivity contribution in [2.24, 2.45) is 5.92 Å². The first-order valence-corrected chi connectivity index (χ1v) is 5.90. The van der Waals surface area contributed by atoms with Gasteiger partial charge in [0.15, 0.2) is 0 Å². The number of likely N-dealkylation sites (N-methyl/N-ethyl adjacent to an activating group) is 1. The van der Waals surface area contributed by atoms with Gasteiger partial charge in [-0.2, -0.15) is 0 Å². The summed E-state index contributed by atoms with van der Waals surface area (Å²) in [5.41, 5.74) is 0. The zero-order valence-electron chi connectivity index (χ0n) is 9.62. The Morgan fingerprint density at radius 2 is 2.13 bits per heavy atom. The van der Waals surface area contributed by atoms with Gasteiger partial charge in [-0.3, -0.25) is 4.79 Å². The lowest BCUT2D eigenvalue weighted by atomic mass is 9.93. The van der Waals surface area contributed by atoms with E-state index in [2.05, 4.69) is 15.5 Å². The van der Waals surface area contributed by atoms with Gasteiger partial charge in [0, 0.05) is 19.6 Å². The van der Waals surface area contributed by atoms with E-state index in [0.29, 0.717) is 6.04 Å². The number of piperidine rings is 1. The molecule has 2 aliphatic heterocycles. The highest BCUT2D eigenvalue weighted by Gasteiger charge is 2.35. The Morgan fingerprint density at radius 3 is 2.87 bits per heavy atom. The molecule has 0 aromatic carbocycles. The maximum Gasteiger partial charge on any atom is 0.236 e. The second kappa shape index (κ2) is 4.49. The van der Waals surface area contributed by atoms with E-state index in [-0.39, 0.29) is 11.9 Å². The SMILES string of the molecule is CNC(=O)C(C)NC1CCN2CCC1C2. The monoisotopic (exact) mass is 211 g/mol. The molecular formula is C11H21N3O. The lowest BCUT2D eigenvalue weighted by Crippen LogP contribution is -2.51. The maximum absolute atomic E-state index is 11.4. The van der Waals surface area contributed by atoms with Crippen LogP contribution in [-0.2, 0) is 4.79 Å². The molecule has 0 radical (unpaired) electrons. The molecule has 0 aliphatic carbocycles. The van der Waals surface area contributed by atoms with Gasteiger partial charge in [-0.25, -0.2) is 0 Å². The molecule has 0 spiro atoms. The van der Waals surface area contributed by atoms with Gasteiger partial charge in [0.25, 0.3) is 0 Å². The average molecular weight is 211 g/mol. The largest absolute Gasteiger partial charge is 0.358 e. The van der Waals surface area contributed by atoms with Gasteiger partial charge in [0.2, 0.25) is 5.91 Å². The van der Waals surface area contributed by atoms with Crippen molar-refractivity contribution in [3.8, 4) is 0 Å². The van der Waals surface area contributed by atoms with Crippen LogP contribution in [0.2, 0.25) is 0 Å². The minimum Gasteiger partial charge on any atom is -0.358 e. The predicted molar refractivity (Wildman–Crippen MR) is 59.6 cm³/mol. The van der Waals surface area contributed by atoms with Crippen LogP contribution in [0.1, 0.15) is 19.8 Å². The van der Waals surface area contributed by atoms with E-state index < -0.39 is 0 Å². The third kappa shape index (κ3) is 2.32. The van der Waals surface area contributed by atoms with Crippen molar-refractivity contribution in [1.29, 1.82) is 0 Å². The molecule has 2 aliphatic rings. The lowest BCUT2D eigenvalue weighted by molar-refractivity contribution is -0.122. The van der Waals surface area contributed by atoms with Crippen molar-refractivity contribution in [3.63, 3.8) is 0 Å². The summed E-state index contributed by atoms with van der Waals surface area (Å²) in [6, 6.07) is 0.475. The van der Waals surface area contributed by atoms with Crippen molar-refractivity contribution in [2.75, 3.05) is 26.7 Å². The quantitative estimate of drug-likeness (QED) is 0.680. The highest BCUT2D eigenvalue weighted by molar-refractivity contribution is 5.80. The summed E-state index contributed by atoms with van der Waals surface area (Å²) in [5, 5.41) is 6.14. The molecule has 0 aromatic rings. The maximum atomic E-state index is 11.4. The standard InChI is InChI=1S/C11H21N3O/c1-8(11(15)12-2)13-10-4-6-14-5-3-9(10)7-14/h8-10,13H,3-7H2,1-2H3,(H,12,15). The van der Waals surface area contributed by atoms with Gasteiger partial charge in [-0.15, -0.1) is 0 Å². The van der Waals surface area contributed by atoms with Gasteiger partial charge in [-0.1, -0.05) is 0 Å². The number of nitrogens with zero attached hydrogens (tertiary/aromatic N) is 1. The minimum atomic E-state index is -0.0628. The number of rotatable bonds is 3. The normalized spacial score (nSPS) is 36.3. The van der Waals surface area contributed by atoms with E-state index in [9.17, 15) is 4.79 Å². The molecule has 86 valence electrons. The van der Waals surface area contributed by atoms with Crippen molar-refractivity contribution in [2.45, 2.75) is 31.8 Å². The summed E-state index contributed by atoms with van der Waals surface area (Å²) < 4.78 is 0. The molecule has 2 heterocycles. The molecule has 2 fully saturated rings. The van der Waals surface area contributed by atoms with Crippen LogP contribution in [0, 0.1) is 5.92 Å². The number of hydrogen-bond donors (Lipinski definition) is 2. The Bertz CT molecular complexity index is 244. The van der Waals surface area contributed by atoms with E-state index in [4.69, 9.17) is 0 Å². The van der Waals surface area contributed by atoms with Crippen LogP contribution in [-0.4, -0.2) is 49.6 Å². The van der Waals surface area contributed by atoms with Crippen LogP contribution in [0.5, 0.6) is 0 Å². The molecule has 1 amide bonds. The van der Waals surface area contributed by atoms with Crippen LogP contribution in [0.3, 0.4) is 0 Å². The van der Waals surface area contributed by atoms with E-state index in [1.807, 2.05) is 6.92 Å². The molecule has 2 rings (SSSR count). The zero-order valence-corrected chi connectivity index (χ0v) is 9.62. The molecule has 2 saturated heterocycles. The number of carbonyl (C=O) groups excluding carboxylic acids is 1. The summed E-state index contributed by atoms with van der Waals surface area (Å²) >= 11 is 0. The van der Waals surface area contributed by atoms with Gasteiger partial charge in [-0.05, 0) is 38.8 Å². The highest BCUT2D eigenvalue weighted by atomic mass is 16.2.